The molecular formula is C9H17NO3. The Morgan fingerprint density at radius 3 is 2.92 bits per heavy atom. The van der Waals surface area contributed by atoms with Crippen molar-refractivity contribution in [2.24, 2.45) is 5.92 Å². The summed E-state index contributed by atoms with van der Waals surface area (Å²) in [4.78, 5) is 12.6. The summed E-state index contributed by atoms with van der Waals surface area (Å²) in [6, 6.07) is -0.385. The third-order valence-electron chi connectivity index (χ3n) is 2.76. The standard InChI is InChI=1S/C9H17NO3/c1-7(9(12)13)10-4-2-8(6-10)3-5-11/h7-8,11H,2-6H2,1H3,(H,12,13). The molecule has 0 amide bonds. The Morgan fingerprint density at radius 2 is 2.38 bits per heavy atom. The molecule has 0 aromatic rings. The average Bonchev–Trinajstić information content (AvgIpc) is 2.52. The second-order valence-corrected chi connectivity index (χ2v) is 3.68. The van der Waals surface area contributed by atoms with Crippen LogP contribution >= 0.6 is 0 Å². The van der Waals surface area contributed by atoms with Crippen molar-refractivity contribution in [3.8, 4) is 0 Å². The Bertz CT molecular complexity index is 184. The van der Waals surface area contributed by atoms with Crippen molar-refractivity contribution in [3.63, 3.8) is 0 Å². The highest BCUT2D eigenvalue weighted by Gasteiger charge is 2.28. The second-order valence-electron chi connectivity index (χ2n) is 3.68. The van der Waals surface area contributed by atoms with Gasteiger partial charge >= 0.3 is 5.97 Å². The largest absolute Gasteiger partial charge is 0.480 e. The van der Waals surface area contributed by atoms with Crippen LogP contribution in [0.5, 0.6) is 0 Å². The van der Waals surface area contributed by atoms with Gasteiger partial charge in [0.05, 0.1) is 0 Å². The van der Waals surface area contributed by atoms with Crippen molar-refractivity contribution in [1.29, 1.82) is 0 Å². The SMILES string of the molecule is CC(C(=O)O)N1CCC(CCO)C1. The van der Waals surface area contributed by atoms with E-state index in [0.717, 1.165) is 25.9 Å². The Morgan fingerprint density at radius 1 is 1.69 bits per heavy atom. The number of hydrogen-bond acceptors (Lipinski definition) is 3. The molecule has 0 spiro atoms. The van der Waals surface area contributed by atoms with E-state index in [1.54, 1.807) is 6.92 Å². The average molecular weight is 187 g/mol. The maximum atomic E-state index is 10.7. The molecule has 0 aromatic carbocycles. The minimum atomic E-state index is -0.760. The number of carbonyl (C=O) groups is 1. The van der Waals surface area contributed by atoms with Crippen LogP contribution in [0.3, 0.4) is 0 Å². The molecule has 0 bridgehead atoms. The summed E-state index contributed by atoms with van der Waals surface area (Å²) >= 11 is 0. The number of rotatable bonds is 4. The van der Waals surface area contributed by atoms with E-state index in [1.807, 2.05) is 4.90 Å². The minimum Gasteiger partial charge on any atom is -0.480 e. The number of aliphatic carboxylic acids is 1. The Kier molecular flexibility index (Phi) is 3.69. The quantitative estimate of drug-likeness (QED) is 0.658. The van der Waals surface area contributed by atoms with Gasteiger partial charge in [0.15, 0.2) is 0 Å². The summed E-state index contributed by atoms with van der Waals surface area (Å²) in [6.45, 7) is 3.58. The summed E-state index contributed by atoms with van der Waals surface area (Å²) in [5.41, 5.74) is 0. The molecule has 1 heterocycles. The molecule has 2 atom stereocenters. The van der Waals surface area contributed by atoms with E-state index in [-0.39, 0.29) is 12.6 Å². The lowest BCUT2D eigenvalue weighted by molar-refractivity contribution is -0.142. The molecule has 1 fully saturated rings. The summed E-state index contributed by atoms with van der Waals surface area (Å²) in [6.07, 6.45) is 1.81. The van der Waals surface area contributed by atoms with E-state index >= 15 is 0 Å². The smallest absolute Gasteiger partial charge is 0.320 e. The first-order valence-electron chi connectivity index (χ1n) is 4.73. The van der Waals surface area contributed by atoms with Gasteiger partial charge in [-0.2, -0.15) is 0 Å². The molecule has 1 rings (SSSR count). The maximum Gasteiger partial charge on any atom is 0.320 e. The second kappa shape index (κ2) is 4.58. The van der Waals surface area contributed by atoms with Gasteiger partial charge in [-0.05, 0) is 32.2 Å². The zero-order valence-corrected chi connectivity index (χ0v) is 7.94. The van der Waals surface area contributed by atoms with Crippen molar-refractivity contribution < 1.29 is 15.0 Å². The van der Waals surface area contributed by atoms with E-state index < -0.39 is 5.97 Å². The van der Waals surface area contributed by atoms with Crippen LogP contribution in [0.15, 0.2) is 0 Å². The summed E-state index contributed by atoms with van der Waals surface area (Å²) in [5.74, 6) is -0.281. The Hall–Kier alpha value is -0.610. The molecule has 13 heavy (non-hydrogen) atoms. The third kappa shape index (κ3) is 2.67. The fraction of sp³-hybridized carbons (Fsp3) is 0.889. The topological polar surface area (TPSA) is 60.8 Å². The van der Waals surface area contributed by atoms with Crippen LogP contribution in [0.4, 0.5) is 0 Å². The Balaban J connectivity index is 2.36. The molecule has 0 aliphatic carbocycles. The van der Waals surface area contributed by atoms with Gasteiger partial charge in [0.1, 0.15) is 6.04 Å². The molecule has 0 radical (unpaired) electrons. The molecule has 4 nitrogen and oxygen atoms in total. The van der Waals surface area contributed by atoms with E-state index in [2.05, 4.69) is 0 Å². The molecule has 2 N–H and O–H groups in total. The normalized spacial score (nSPS) is 26.2. The highest BCUT2D eigenvalue weighted by atomic mass is 16.4. The van der Waals surface area contributed by atoms with Crippen LogP contribution in [-0.4, -0.2) is 46.8 Å². The van der Waals surface area contributed by atoms with Crippen LogP contribution in [0.1, 0.15) is 19.8 Å². The Labute approximate surface area is 78.2 Å². The molecular weight excluding hydrogens is 170 g/mol. The molecule has 4 heteroatoms. The van der Waals surface area contributed by atoms with Crippen LogP contribution < -0.4 is 0 Å². The van der Waals surface area contributed by atoms with Gasteiger partial charge in [0.25, 0.3) is 0 Å². The third-order valence-corrected chi connectivity index (χ3v) is 2.76. The molecule has 1 aliphatic rings. The van der Waals surface area contributed by atoms with E-state index in [9.17, 15) is 4.79 Å². The van der Waals surface area contributed by atoms with E-state index in [1.165, 1.54) is 0 Å². The van der Waals surface area contributed by atoms with Crippen molar-refractivity contribution in [2.75, 3.05) is 19.7 Å². The monoisotopic (exact) mass is 187 g/mol. The van der Waals surface area contributed by atoms with Gasteiger partial charge < -0.3 is 10.2 Å². The molecule has 0 aromatic heterocycles. The van der Waals surface area contributed by atoms with Crippen LogP contribution in [0.25, 0.3) is 0 Å². The van der Waals surface area contributed by atoms with Crippen molar-refractivity contribution in [2.45, 2.75) is 25.8 Å². The van der Waals surface area contributed by atoms with Gasteiger partial charge in [-0.1, -0.05) is 0 Å². The number of aliphatic hydroxyl groups excluding tert-OH is 1. The molecule has 76 valence electrons. The number of nitrogens with zero attached hydrogens (tertiary/aromatic N) is 1. The first-order valence-corrected chi connectivity index (χ1v) is 4.73. The van der Waals surface area contributed by atoms with Gasteiger partial charge in [0.2, 0.25) is 0 Å². The van der Waals surface area contributed by atoms with Gasteiger partial charge in [-0.25, -0.2) is 0 Å². The van der Waals surface area contributed by atoms with Gasteiger partial charge in [-0.15, -0.1) is 0 Å². The lowest BCUT2D eigenvalue weighted by Gasteiger charge is -2.20. The lowest BCUT2D eigenvalue weighted by atomic mass is 10.1. The summed E-state index contributed by atoms with van der Waals surface area (Å²) in [7, 11) is 0. The fourth-order valence-corrected chi connectivity index (χ4v) is 1.79. The number of carboxylic acid groups (broad SMARTS) is 1. The molecule has 0 saturated carbocycles. The number of likely N-dealkylation sites (tertiary alicyclic amines) is 1. The molecule has 1 saturated heterocycles. The van der Waals surface area contributed by atoms with Gasteiger partial charge in [-0.3, -0.25) is 9.69 Å². The van der Waals surface area contributed by atoms with E-state index in [4.69, 9.17) is 10.2 Å². The van der Waals surface area contributed by atoms with E-state index in [0.29, 0.717) is 5.92 Å². The molecule has 1 aliphatic heterocycles. The first-order chi connectivity index (χ1) is 6.15. The summed E-state index contributed by atoms with van der Waals surface area (Å²) < 4.78 is 0. The minimum absolute atomic E-state index is 0.208. The number of aliphatic hydroxyl groups is 1. The lowest BCUT2D eigenvalue weighted by Crippen LogP contribution is -2.37. The highest BCUT2D eigenvalue weighted by Crippen LogP contribution is 2.20. The van der Waals surface area contributed by atoms with Crippen molar-refractivity contribution in [1.82, 2.24) is 4.90 Å². The van der Waals surface area contributed by atoms with Gasteiger partial charge in [0, 0.05) is 13.2 Å². The predicted octanol–water partition coefficient (Wildman–Crippen LogP) is 0.164. The van der Waals surface area contributed by atoms with Crippen molar-refractivity contribution >= 4 is 5.97 Å². The van der Waals surface area contributed by atoms with Crippen LogP contribution in [0.2, 0.25) is 0 Å². The fourth-order valence-electron chi connectivity index (χ4n) is 1.79. The van der Waals surface area contributed by atoms with Crippen LogP contribution in [0, 0.1) is 5.92 Å². The summed E-state index contributed by atoms with van der Waals surface area (Å²) in [5, 5.41) is 17.5. The van der Waals surface area contributed by atoms with Crippen LogP contribution in [-0.2, 0) is 4.79 Å². The zero-order valence-electron chi connectivity index (χ0n) is 7.94. The maximum absolute atomic E-state index is 10.7. The molecule has 2 unspecified atom stereocenters. The van der Waals surface area contributed by atoms with Crippen molar-refractivity contribution in [3.05, 3.63) is 0 Å². The first kappa shape index (κ1) is 10.5. The number of hydrogen-bond donors (Lipinski definition) is 2. The number of carboxylic acids is 1. The predicted molar refractivity (Wildman–Crippen MR) is 48.5 cm³/mol. The highest BCUT2D eigenvalue weighted by molar-refractivity contribution is 5.72. The zero-order chi connectivity index (χ0) is 9.84.